The summed E-state index contributed by atoms with van der Waals surface area (Å²) >= 11 is 8.95. The Bertz CT molecular complexity index is 1320. The lowest BCUT2D eigenvalue weighted by Gasteiger charge is -2.23. The molecule has 4 aromatic rings. The van der Waals surface area contributed by atoms with Crippen LogP contribution >= 0.6 is 34.9 Å². The number of nitrogens with zero attached hydrogens (tertiary/aromatic N) is 3. The summed E-state index contributed by atoms with van der Waals surface area (Å²) in [7, 11) is 0. The van der Waals surface area contributed by atoms with E-state index in [9.17, 15) is 4.39 Å². The molecule has 3 N–H and O–H groups in total. The quantitative estimate of drug-likeness (QED) is 0.204. The first-order valence-electron chi connectivity index (χ1n) is 11.5. The number of hydrogen-bond acceptors (Lipinski definition) is 9. The third kappa shape index (κ3) is 6.25. The maximum absolute atomic E-state index is 14.7. The average molecular weight is 543 g/mol. The Kier molecular flexibility index (Phi) is 8.17. The van der Waals surface area contributed by atoms with E-state index in [2.05, 4.69) is 30.3 Å². The summed E-state index contributed by atoms with van der Waals surface area (Å²) in [4.78, 5) is 14.1. The van der Waals surface area contributed by atoms with E-state index in [0.717, 1.165) is 36.4 Å². The van der Waals surface area contributed by atoms with Gasteiger partial charge in [-0.05, 0) is 61.2 Å². The molecule has 1 atom stereocenters. The maximum atomic E-state index is 14.7. The first-order chi connectivity index (χ1) is 17.7. The summed E-state index contributed by atoms with van der Waals surface area (Å²) in [6.45, 7) is 1.93. The van der Waals surface area contributed by atoms with Crippen LogP contribution in [0.4, 0.5) is 16.0 Å². The molecular weight excluding hydrogens is 519 g/mol. The number of halogens is 2. The molecule has 7 nitrogen and oxygen atoms in total. The van der Waals surface area contributed by atoms with E-state index in [-0.39, 0.29) is 0 Å². The molecule has 0 aliphatic carbocycles. The Balaban J connectivity index is 1.23. The SMILES string of the molecule is Fc1cc(Oc2ncsc2-c2ccnc(NC3CCCNC3)n2)ccc1NSCc1ccccc1Cl. The minimum absolute atomic E-state index is 0.295. The van der Waals surface area contributed by atoms with Crippen LogP contribution in [0.15, 0.2) is 60.2 Å². The zero-order valence-corrected chi connectivity index (χ0v) is 21.6. The van der Waals surface area contributed by atoms with Crippen LogP contribution in [0.3, 0.4) is 0 Å². The average Bonchev–Trinajstić information content (AvgIpc) is 3.35. The molecule has 3 heterocycles. The van der Waals surface area contributed by atoms with E-state index in [4.69, 9.17) is 16.3 Å². The zero-order chi connectivity index (χ0) is 24.7. The standard InChI is InChI=1S/C25H24ClFN6OS2/c26-19-6-2-1-4-16(19)14-36-33-21-8-7-18(12-20(21)27)34-24-23(35-15-30-24)22-9-11-29-25(32-22)31-17-5-3-10-28-13-17/h1-2,4,6-9,11-12,15,17,28,33H,3,5,10,13-14H2,(H,29,31,32). The fourth-order valence-corrected chi connectivity index (χ4v) is 5.52. The van der Waals surface area contributed by atoms with Crippen molar-refractivity contribution in [1.82, 2.24) is 20.3 Å². The first kappa shape index (κ1) is 24.8. The molecule has 0 spiro atoms. The van der Waals surface area contributed by atoms with Crippen molar-refractivity contribution in [2.24, 2.45) is 0 Å². The van der Waals surface area contributed by atoms with Crippen LogP contribution in [-0.4, -0.2) is 34.1 Å². The second-order valence-electron chi connectivity index (χ2n) is 8.17. The van der Waals surface area contributed by atoms with Gasteiger partial charge in [0.05, 0.1) is 16.9 Å². The minimum atomic E-state index is -0.425. The molecule has 1 unspecified atom stereocenters. The fourth-order valence-electron chi connectivity index (χ4n) is 3.75. The van der Waals surface area contributed by atoms with Crippen LogP contribution in [0.1, 0.15) is 18.4 Å². The van der Waals surface area contributed by atoms with Gasteiger partial charge in [-0.3, -0.25) is 0 Å². The van der Waals surface area contributed by atoms with Crippen molar-refractivity contribution in [3.05, 3.63) is 76.6 Å². The number of thiazole rings is 1. The Morgan fingerprint density at radius 2 is 2.11 bits per heavy atom. The topological polar surface area (TPSA) is 84.0 Å². The van der Waals surface area contributed by atoms with Crippen LogP contribution in [0.5, 0.6) is 11.6 Å². The number of ether oxygens (including phenoxy) is 1. The number of benzene rings is 2. The number of rotatable bonds is 9. The van der Waals surface area contributed by atoms with E-state index >= 15 is 0 Å². The molecule has 186 valence electrons. The highest BCUT2D eigenvalue weighted by molar-refractivity contribution is 7.99. The Hall–Kier alpha value is -2.92. The van der Waals surface area contributed by atoms with Crippen molar-refractivity contribution in [3.8, 4) is 22.2 Å². The predicted octanol–water partition coefficient (Wildman–Crippen LogP) is 6.61. The Labute approximate surface area is 222 Å². The van der Waals surface area contributed by atoms with Gasteiger partial charge in [-0.1, -0.05) is 29.8 Å². The van der Waals surface area contributed by atoms with Gasteiger partial charge >= 0.3 is 0 Å². The van der Waals surface area contributed by atoms with Gasteiger partial charge in [0, 0.05) is 35.6 Å². The Morgan fingerprint density at radius 1 is 1.19 bits per heavy atom. The van der Waals surface area contributed by atoms with Crippen LogP contribution in [0.2, 0.25) is 5.02 Å². The van der Waals surface area contributed by atoms with Gasteiger partial charge in [0.15, 0.2) is 5.82 Å². The molecule has 1 aliphatic heterocycles. The number of anilines is 2. The van der Waals surface area contributed by atoms with Gasteiger partial charge in [-0.2, -0.15) is 0 Å². The number of nitrogens with one attached hydrogen (secondary N) is 3. The van der Waals surface area contributed by atoms with Crippen LogP contribution in [-0.2, 0) is 5.75 Å². The van der Waals surface area contributed by atoms with Gasteiger partial charge in [0.2, 0.25) is 11.8 Å². The molecule has 1 aliphatic rings. The van der Waals surface area contributed by atoms with Crippen molar-refractivity contribution in [3.63, 3.8) is 0 Å². The third-order valence-electron chi connectivity index (χ3n) is 5.58. The van der Waals surface area contributed by atoms with Crippen molar-refractivity contribution in [2.45, 2.75) is 24.6 Å². The van der Waals surface area contributed by atoms with Crippen LogP contribution in [0.25, 0.3) is 10.6 Å². The molecular formula is C25H24ClFN6OS2. The van der Waals surface area contributed by atoms with E-state index in [1.54, 1.807) is 23.8 Å². The zero-order valence-electron chi connectivity index (χ0n) is 19.2. The summed E-state index contributed by atoms with van der Waals surface area (Å²) < 4.78 is 23.7. The molecule has 36 heavy (non-hydrogen) atoms. The molecule has 2 aromatic carbocycles. The molecule has 0 radical (unpaired) electrons. The minimum Gasteiger partial charge on any atom is -0.437 e. The lowest BCUT2D eigenvalue weighted by molar-refractivity contribution is 0.463. The summed E-state index contributed by atoms with van der Waals surface area (Å²) in [6.07, 6.45) is 3.91. The molecule has 0 bridgehead atoms. The van der Waals surface area contributed by atoms with E-state index < -0.39 is 5.82 Å². The predicted molar refractivity (Wildman–Crippen MR) is 145 cm³/mol. The lowest BCUT2D eigenvalue weighted by atomic mass is 10.1. The van der Waals surface area contributed by atoms with E-state index in [1.165, 1.54) is 29.4 Å². The van der Waals surface area contributed by atoms with Gasteiger partial charge in [-0.25, -0.2) is 19.3 Å². The molecule has 1 saturated heterocycles. The maximum Gasteiger partial charge on any atom is 0.239 e. The molecule has 1 fully saturated rings. The van der Waals surface area contributed by atoms with Gasteiger partial charge in [-0.15, -0.1) is 11.3 Å². The summed E-state index contributed by atoms with van der Waals surface area (Å²) in [6, 6.07) is 14.4. The van der Waals surface area contributed by atoms with Crippen molar-refractivity contribution in [1.29, 1.82) is 0 Å². The summed E-state index contributed by atoms with van der Waals surface area (Å²) in [5.41, 5.74) is 3.72. The van der Waals surface area contributed by atoms with Crippen molar-refractivity contribution in [2.75, 3.05) is 23.1 Å². The van der Waals surface area contributed by atoms with Gasteiger partial charge < -0.3 is 20.1 Å². The molecule has 2 aromatic heterocycles. The normalized spacial score (nSPS) is 15.4. The number of aromatic nitrogens is 3. The second kappa shape index (κ2) is 11.9. The smallest absolute Gasteiger partial charge is 0.239 e. The molecule has 11 heteroatoms. The molecule has 0 amide bonds. The highest BCUT2D eigenvalue weighted by atomic mass is 35.5. The fraction of sp³-hybridized carbons (Fsp3) is 0.240. The van der Waals surface area contributed by atoms with Gasteiger partial charge in [0.25, 0.3) is 0 Å². The number of piperidine rings is 1. The van der Waals surface area contributed by atoms with Gasteiger partial charge in [0.1, 0.15) is 10.6 Å². The number of hydrogen-bond donors (Lipinski definition) is 3. The lowest BCUT2D eigenvalue weighted by Crippen LogP contribution is -2.38. The molecule has 5 rings (SSSR count). The highest BCUT2D eigenvalue weighted by Gasteiger charge is 2.17. The van der Waals surface area contributed by atoms with Crippen LogP contribution in [0, 0.1) is 5.82 Å². The van der Waals surface area contributed by atoms with E-state index in [0.29, 0.717) is 45.8 Å². The molecule has 0 saturated carbocycles. The van der Waals surface area contributed by atoms with Crippen LogP contribution < -0.4 is 20.1 Å². The summed E-state index contributed by atoms with van der Waals surface area (Å²) in [5, 5.41) is 7.45. The second-order valence-corrected chi connectivity index (χ2v) is 10.2. The largest absolute Gasteiger partial charge is 0.437 e. The monoisotopic (exact) mass is 542 g/mol. The van der Waals surface area contributed by atoms with Crippen molar-refractivity contribution >= 4 is 46.5 Å². The third-order valence-corrected chi connectivity index (χ3v) is 7.59. The summed E-state index contributed by atoms with van der Waals surface area (Å²) in [5.74, 6) is 1.47. The first-order valence-corrected chi connectivity index (χ1v) is 13.7. The van der Waals surface area contributed by atoms with Crippen molar-refractivity contribution < 1.29 is 9.13 Å². The highest BCUT2D eigenvalue weighted by Crippen LogP contribution is 2.36. The Morgan fingerprint density at radius 3 is 2.94 bits per heavy atom. The van der Waals surface area contributed by atoms with E-state index in [1.807, 2.05) is 30.3 Å².